The van der Waals surface area contributed by atoms with Gasteiger partial charge in [-0.25, -0.2) is 0 Å². The van der Waals surface area contributed by atoms with E-state index in [2.05, 4.69) is 21.3 Å². The van der Waals surface area contributed by atoms with E-state index in [0.717, 1.165) is 36.4 Å². The van der Waals surface area contributed by atoms with Crippen molar-refractivity contribution in [1.29, 1.82) is 0 Å². The van der Waals surface area contributed by atoms with Crippen molar-refractivity contribution < 1.29 is 51.6 Å². The van der Waals surface area contributed by atoms with Gasteiger partial charge in [-0.3, -0.25) is 20.2 Å². The van der Waals surface area contributed by atoms with Crippen molar-refractivity contribution in [3.05, 3.63) is 77.9 Å². The number of nitro benzene ring substituents is 2. The van der Waals surface area contributed by atoms with Crippen LogP contribution in [0, 0.1) is 25.6 Å². The molecule has 0 saturated carbocycles. The number of carbonyl (C=O) groups is 4. The zero-order valence-corrected chi connectivity index (χ0v) is 18.9. The zero-order chi connectivity index (χ0) is 24.5. The molecule has 2 N–H and O–H groups in total. The Balaban J connectivity index is 0.00000306. The van der Waals surface area contributed by atoms with Crippen molar-refractivity contribution in [3.8, 4) is 0 Å². The number of hydrogen-bond acceptors (Lipinski definition) is 8. The van der Waals surface area contributed by atoms with Crippen LogP contribution in [0.15, 0.2) is 36.4 Å². The van der Waals surface area contributed by atoms with Crippen molar-refractivity contribution in [2.75, 3.05) is 0 Å². The SMILES string of the molecule is CC1(C)C(=O)[N-]c2ccc([N+](=O)[O-])cc2[N-]C(=O)C(=O)[N-]c2cc([N+](=O)[O-])ccc2[N-]C1=O.O.[Fe+4]. The van der Waals surface area contributed by atoms with Gasteiger partial charge in [0.2, 0.25) is 0 Å². The Morgan fingerprint density at radius 3 is 1.31 bits per heavy atom. The second kappa shape index (κ2) is 10.7. The van der Waals surface area contributed by atoms with Gasteiger partial charge in [-0.2, -0.15) is 0 Å². The van der Waals surface area contributed by atoms with Gasteiger partial charge in [0, 0.05) is 29.7 Å². The summed E-state index contributed by atoms with van der Waals surface area (Å²) in [7, 11) is 0. The van der Waals surface area contributed by atoms with Crippen LogP contribution in [-0.2, 0) is 36.2 Å². The smallest absolute Gasteiger partial charge is 0.627 e. The van der Waals surface area contributed by atoms with Crippen molar-refractivity contribution in [1.82, 2.24) is 0 Å². The second-order valence-electron chi connectivity index (χ2n) is 7.15. The first-order valence-electron chi connectivity index (χ1n) is 9.01. The molecule has 0 fully saturated rings. The molecule has 0 bridgehead atoms. The molecule has 0 aromatic heterocycles. The van der Waals surface area contributed by atoms with E-state index in [0.29, 0.717) is 0 Å². The molecular formula is C19H14FeN6O9. The van der Waals surface area contributed by atoms with Gasteiger partial charge >= 0.3 is 17.1 Å². The van der Waals surface area contributed by atoms with Gasteiger partial charge in [0.25, 0.3) is 11.4 Å². The standard InChI is InChI=1S/C19H16N6O8.Fe.H2O/c1-19(2)17(28)22-11-5-3-9(24(30)31)7-13(11)20-15(26)16(27)21-14-8-10(25(32)33)4-6-12(14)23-18(19)29;;/h3-8H,1-2H3,(H4,20,21,22,23,26,27,28,29);;1H2/q;+4;/p-4. The van der Waals surface area contributed by atoms with E-state index >= 15 is 0 Å². The summed E-state index contributed by atoms with van der Waals surface area (Å²) in [5, 5.41) is 36.6. The summed E-state index contributed by atoms with van der Waals surface area (Å²) >= 11 is 0. The van der Waals surface area contributed by atoms with Crippen LogP contribution >= 0.6 is 0 Å². The Bertz CT molecular complexity index is 1150. The van der Waals surface area contributed by atoms with E-state index < -0.39 is 61.6 Å². The largest absolute Gasteiger partial charge is 4.00 e. The van der Waals surface area contributed by atoms with E-state index in [1.165, 1.54) is 13.8 Å². The summed E-state index contributed by atoms with van der Waals surface area (Å²) in [6.07, 6.45) is 0. The van der Waals surface area contributed by atoms with Crippen molar-refractivity contribution in [2.45, 2.75) is 13.8 Å². The number of nitrogens with zero attached hydrogens (tertiary/aromatic N) is 6. The number of carbonyl (C=O) groups excluding carboxylic acids is 4. The average Bonchev–Trinajstić information content (AvgIpc) is 2.75. The summed E-state index contributed by atoms with van der Waals surface area (Å²) in [5.74, 6) is -5.02. The van der Waals surface area contributed by atoms with Gasteiger partial charge in [0.1, 0.15) is 11.8 Å². The fraction of sp³-hybridized carbons (Fsp3) is 0.158. The van der Waals surface area contributed by atoms with Gasteiger partial charge in [-0.05, 0) is 13.8 Å². The average molecular weight is 526 g/mol. The van der Waals surface area contributed by atoms with E-state index in [9.17, 15) is 39.4 Å². The summed E-state index contributed by atoms with van der Waals surface area (Å²) in [6.45, 7) is 2.43. The molecule has 16 heteroatoms. The zero-order valence-electron chi connectivity index (χ0n) is 17.8. The molecular weight excluding hydrogens is 512 g/mol. The molecule has 0 spiro atoms. The van der Waals surface area contributed by atoms with Gasteiger partial charge in [0.05, 0.1) is 21.7 Å². The molecule has 1 aliphatic rings. The number of rotatable bonds is 2. The van der Waals surface area contributed by atoms with E-state index in [1.807, 2.05) is 0 Å². The number of benzene rings is 2. The summed E-state index contributed by atoms with van der Waals surface area (Å²) in [4.78, 5) is 70.7. The molecule has 1 aliphatic heterocycles. The van der Waals surface area contributed by atoms with Crippen LogP contribution in [-0.4, -0.2) is 39.0 Å². The quantitative estimate of drug-likeness (QED) is 0.184. The monoisotopic (exact) mass is 526 g/mol. The number of nitro groups is 2. The molecule has 1 heterocycles. The first-order valence-corrected chi connectivity index (χ1v) is 9.01. The fourth-order valence-electron chi connectivity index (χ4n) is 2.52. The molecule has 0 atom stereocenters. The van der Waals surface area contributed by atoms with Gasteiger partial charge in [0.15, 0.2) is 0 Å². The van der Waals surface area contributed by atoms with Crippen molar-refractivity contribution in [3.63, 3.8) is 0 Å². The van der Waals surface area contributed by atoms with E-state index in [-0.39, 0.29) is 33.9 Å². The topological polar surface area (TPSA) is 242 Å². The first-order chi connectivity index (χ1) is 15.4. The maximum Gasteiger partial charge on any atom is 4.00 e. The van der Waals surface area contributed by atoms with Crippen LogP contribution in [0.1, 0.15) is 13.8 Å². The molecule has 2 aromatic carbocycles. The third kappa shape index (κ3) is 5.94. The third-order valence-electron chi connectivity index (χ3n) is 4.48. The Hall–Kier alpha value is -4.40. The molecule has 0 radical (unpaired) electrons. The molecule has 3 rings (SSSR count). The van der Waals surface area contributed by atoms with Crippen LogP contribution in [0.4, 0.5) is 34.1 Å². The predicted molar refractivity (Wildman–Crippen MR) is 116 cm³/mol. The van der Waals surface area contributed by atoms with Gasteiger partial charge in [-0.1, -0.05) is 12.1 Å². The van der Waals surface area contributed by atoms with E-state index in [1.54, 1.807) is 0 Å². The molecule has 15 nitrogen and oxygen atoms in total. The summed E-state index contributed by atoms with van der Waals surface area (Å²) in [6, 6.07) is 5.67. The Labute approximate surface area is 206 Å². The first kappa shape index (κ1) is 28.6. The second-order valence-corrected chi connectivity index (χ2v) is 7.15. The minimum absolute atomic E-state index is 0. The van der Waals surface area contributed by atoms with Crippen molar-refractivity contribution in [2.24, 2.45) is 5.41 Å². The maximum absolute atomic E-state index is 12.7. The third-order valence-corrected chi connectivity index (χ3v) is 4.48. The van der Waals surface area contributed by atoms with Crippen LogP contribution in [0.2, 0.25) is 0 Å². The number of amides is 4. The Morgan fingerprint density at radius 1 is 0.657 bits per heavy atom. The number of non-ortho nitro benzene ring substituents is 2. The van der Waals surface area contributed by atoms with Crippen LogP contribution in [0.5, 0.6) is 0 Å². The Morgan fingerprint density at radius 2 is 1.00 bits per heavy atom. The number of hydrogen-bond donors (Lipinski definition) is 0. The van der Waals surface area contributed by atoms with E-state index in [4.69, 9.17) is 0 Å². The summed E-state index contributed by atoms with van der Waals surface area (Å²) < 4.78 is 0. The minimum atomic E-state index is -1.85. The van der Waals surface area contributed by atoms with Crippen molar-refractivity contribution >= 4 is 57.8 Å². The maximum atomic E-state index is 12.7. The van der Waals surface area contributed by atoms with Crippen LogP contribution in [0.25, 0.3) is 21.3 Å². The number of fused-ring (bicyclic) bond motifs is 2. The molecule has 35 heavy (non-hydrogen) atoms. The van der Waals surface area contributed by atoms with Crippen LogP contribution in [0.3, 0.4) is 0 Å². The molecule has 4 amide bonds. The fourth-order valence-corrected chi connectivity index (χ4v) is 2.52. The van der Waals surface area contributed by atoms with Gasteiger partial charge in [-0.15, -0.1) is 22.7 Å². The molecule has 0 saturated heterocycles. The summed E-state index contributed by atoms with van der Waals surface area (Å²) in [5.41, 5.74) is -4.43. The normalized spacial score (nSPS) is 14.8. The Kier molecular flexibility index (Phi) is 8.74. The van der Waals surface area contributed by atoms with Crippen LogP contribution < -0.4 is 0 Å². The molecule has 2 aromatic rings. The predicted octanol–water partition coefficient (Wildman–Crippen LogP) is 3.54. The van der Waals surface area contributed by atoms with Gasteiger partial charge < -0.3 is 45.9 Å². The minimum Gasteiger partial charge on any atom is -0.627 e. The molecule has 0 unspecified atom stereocenters. The molecule has 182 valence electrons. The molecule has 0 aliphatic carbocycles.